The van der Waals surface area contributed by atoms with Gasteiger partial charge in [0.15, 0.2) is 7.28 Å². The van der Waals surface area contributed by atoms with Crippen LogP contribution in [0.1, 0.15) is 25.0 Å². The largest absolute Gasteiger partial charge is 0.355 e. The topological polar surface area (TPSA) is 17.0 Å². The third kappa shape index (κ3) is 4.37. The van der Waals surface area contributed by atoms with Crippen molar-refractivity contribution in [1.29, 1.82) is 0 Å². The molecule has 0 spiro atoms. The number of fused-ring (bicyclic) bond motifs is 12. The van der Waals surface area contributed by atoms with Gasteiger partial charge in [-0.1, -0.05) is 147 Å². The number of aromatic nitrogens is 1. The maximum atomic E-state index is 3.92. The average Bonchev–Trinajstić information content (AvgIpc) is 3.84. The number of rotatable bonds is 4. The summed E-state index contributed by atoms with van der Waals surface area (Å²) in [6.07, 6.45) is 0. The number of benzene rings is 8. The number of nitrogens with one attached hydrogen (secondary N) is 1. The predicted molar refractivity (Wildman–Crippen MR) is 237 cm³/mol. The molecule has 4 heteroatoms. The quantitative estimate of drug-likeness (QED) is 0.179. The molecule has 12 rings (SSSR count). The van der Waals surface area contributed by atoms with Crippen LogP contribution in [0.3, 0.4) is 0 Å². The Morgan fingerprint density at radius 3 is 2.13 bits per heavy atom. The van der Waals surface area contributed by atoms with Crippen LogP contribution >= 0.6 is 11.3 Å². The van der Waals surface area contributed by atoms with E-state index in [0.717, 1.165) is 11.4 Å². The maximum absolute atomic E-state index is 3.92. The van der Waals surface area contributed by atoms with Gasteiger partial charge in [-0.2, -0.15) is 0 Å². The number of hydrogen-bond acceptors (Lipinski definition) is 2. The predicted octanol–water partition coefficient (Wildman–Crippen LogP) is 12.5. The van der Waals surface area contributed by atoms with Crippen molar-refractivity contribution in [3.05, 3.63) is 175 Å². The summed E-state index contributed by atoms with van der Waals surface area (Å²) in [6, 6.07) is 60.3. The average molecular weight is 718 g/mol. The van der Waals surface area contributed by atoms with Gasteiger partial charge in [0.05, 0.1) is 10.2 Å². The van der Waals surface area contributed by atoms with Crippen LogP contribution in [0.4, 0.5) is 11.4 Å². The van der Waals surface area contributed by atoms with E-state index in [4.69, 9.17) is 0 Å². The summed E-state index contributed by atoms with van der Waals surface area (Å²) in [5.74, 6) is 0. The van der Waals surface area contributed by atoms with Gasteiger partial charge in [0.2, 0.25) is 0 Å². The van der Waals surface area contributed by atoms with Gasteiger partial charge < -0.3 is 9.88 Å². The monoisotopic (exact) mass is 717 g/mol. The zero-order valence-electron chi connectivity index (χ0n) is 30.5. The van der Waals surface area contributed by atoms with Crippen LogP contribution in [0.5, 0.6) is 0 Å². The number of para-hydroxylation sites is 1. The molecule has 1 aliphatic heterocycles. The van der Waals surface area contributed by atoms with Gasteiger partial charge in [-0.3, -0.25) is 0 Å². The Bertz CT molecular complexity index is 3220. The molecule has 0 saturated carbocycles. The first kappa shape index (κ1) is 31.0. The number of thiophene rings is 1. The molecule has 257 valence electrons. The maximum Gasteiger partial charge on any atom is 0.197 e. The van der Waals surface area contributed by atoms with E-state index in [1.165, 1.54) is 103 Å². The van der Waals surface area contributed by atoms with Gasteiger partial charge in [0, 0.05) is 49.0 Å². The second-order valence-electron chi connectivity index (χ2n) is 15.6. The summed E-state index contributed by atoms with van der Waals surface area (Å²) in [7, 11) is 2.48. The van der Waals surface area contributed by atoms with Gasteiger partial charge in [0.1, 0.15) is 0 Å². The molecule has 2 nitrogen and oxygen atoms in total. The first-order valence-corrected chi connectivity index (χ1v) is 19.9. The molecule has 0 saturated heterocycles. The first-order valence-electron chi connectivity index (χ1n) is 19.1. The minimum Gasteiger partial charge on any atom is -0.355 e. The van der Waals surface area contributed by atoms with E-state index in [1.54, 1.807) is 0 Å². The minimum absolute atomic E-state index is 0.200. The fourth-order valence-electron chi connectivity index (χ4n) is 9.66. The summed E-state index contributed by atoms with van der Waals surface area (Å²) in [5.41, 5.74) is 18.7. The Balaban J connectivity index is 1.17. The Labute approximate surface area is 324 Å². The Kier molecular flexibility index (Phi) is 6.40. The molecule has 10 aromatic rings. The zero-order valence-corrected chi connectivity index (χ0v) is 31.3. The molecule has 0 fully saturated rings. The highest BCUT2D eigenvalue weighted by Gasteiger charge is 2.42. The van der Waals surface area contributed by atoms with Crippen LogP contribution in [0, 0.1) is 0 Å². The SMILES string of the molecule is CC1(C)c2ccccc2-c2cc(-c3cc4ccccc4cc3Nc3ccc(-c4ccccc4)cc3)c3c(c21)-n1c2c(cccc2c2sc4ccccc4c21)[B]3. The minimum atomic E-state index is -0.200. The highest BCUT2D eigenvalue weighted by molar-refractivity contribution is 7.26. The van der Waals surface area contributed by atoms with E-state index >= 15 is 0 Å². The normalized spacial score (nSPS) is 13.6. The van der Waals surface area contributed by atoms with E-state index in [2.05, 4.69) is 195 Å². The van der Waals surface area contributed by atoms with E-state index in [1.807, 2.05) is 11.3 Å². The summed E-state index contributed by atoms with van der Waals surface area (Å²) >= 11 is 1.92. The Morgan fingerprint density at radius 2 is 1.27 bits per heavy atom. The van der Waals surface area contributed by atoms with Crippen LogP contribution in [-0.2, 0) is 5.41 Å². The molecule has 3 heterocycles. The molecule has 0 unspecified atom stereocenters. The van der Waals surface area contributed by atoms with Crippen molar-refractivity contribution in [3.8, 4) is 39.1 Å². The highest BCUT2D eigenvalue weighted by Crippen LogP contribution is 2.54. The second-order valence-corrected chi connectivity index (χ2v) is 16.6. The van der Waals surface area contributed by atoms with Gasteiger partial charge in [-0.25, -0.2) is 0 Å². The first-order chi connectivity index (χ1) is 27.0. The van der Waals surface area contributed by atoms with E-state index in [0.29, 0.717) is 0 Å². The Morgan fingerprint density at radius 1 is 0.564 bits per heavy atom. The van der Waals surface area contributed by atoms with Crippen molar-refractivity contribution in [2.75, 3.05) is 5.32 Å². The summed E-state index contributed by atoms with van der Waals surface area (Å²) < 4.78 is 5.34. The lowest BCUT2D eigenvalue weighted by Crippen LogP contribution is -2.39. The third-order valence-corrected chi connectivity index (χ3v) is 13.3. The number of hydrogen-bond donors (Lipinski definition) is 1. The van der Waals surface area contributed by atoms with Crippen molar-refractivity contribution in [2.24, 2.45) is 0 Å². The molecule has 55 heavy (non-hydrogen) atoms. The van der Waals surface area contributed by atoms with Crippen molar-refractivity contribution in [2.45, 2.75) is 19.3 Å². The van der Waals surface area contributed by atoms with E-state index in [9.17, 15) is 0 Å². The molecule has 8 aromatic carbocycles. The molecule has 1 radical (unpaired) electrons. The number of nitrogens with zero attached hydrogens (tertiary/aromatic N) is 1. The lowest BCUT2D eigenvalue weighted by molar-refractivity contribution is 0.657. The van der Waals surface area contributed by atoms with Crippen molar-refractivity contribution in [1.82, 2.24) is 4.57 Å². The third-order valence-electron chi connectivity index (χ3n) is 12.2. The highest BCUT2D eigenvalue weighted by atomic mass is 32.1. The van der Waals surface area contributed by atoms with Gasteiger partial charge in [-0.05, 0) is 91.6 Å². The molecule has 2 aromatic heterocycles. The van der Waals surface area contributed by atoms with Gasteiger partial charge in [0.25, 0.3) is 0 Å². The van der Waals surface area contributed by atoms with Crippen LogP contribution < -0.4 is 16.2 Å². The summed E-state index contributed by atoms with van der Waals surface area (Å²) in [6.45, 7) is 4.84. The van der Waals surface area contributed by atoms with E-state index < -0.39 is 0 Å². The van der Waals surface area contributed by atoms with Crippen LogP contribution in [-0.4, -0.2) is 11.8 Å². The van der Waals surface area contributed by atoms with Gasteiger partial charge >= 0.3 is 0 Å². The molecule has 0 bridgehead atoms. The lowest BCUT2D eigenvalue weighted by Gasteiger charge is -2.32. The van der Waals surface area contributed by atoms with Crippen LogP contribution in [0.15, 0.2) is 164 Å². The van der Waals surface area contributed by atoms with Crippen LogP contribution in [0.2, 0.25) is 0 Å². The smallest absolute Gasteiger partial charge is 0.197 e. The van der Waals surface area contributed by atoms with Crippen LogP contribution in [0.25, 0.3) is 81.0 Å². The number of anilines is 2. The van der Waals surface area contributed by atoms with Crippen molar-refractivity contribution >= 4 is 82.9 Å². The molecule has 1 N–H and O–H groups in total. The van der Waals surface area contributed by atoms with Gasteiger partial charge in [-0.15, -0.1) is 11.3 Å². The zero-order chi connectivity index (χ0) is 36.4. The standard InChI is InChI=1S/C51H34BN2S/c1-51(2)41-20-10-8-17-35(41)39-29-40(38-27-32-15-6-7-16-33(32)28-43(38)53-34-25-23-31(24-26-34)30-13-4-3-5-14-30)46-49(45(39)51)54-47-37(19-12-21-42(47)52-46)50-48(54)36-18-9-11-22-44(36)55-50/h3-29,53H,1-2H3. The summed E-state index contributed by atoms with van der Waals surface area (Å²) in [5, 5.41) is 9.00. The molecule has 0 amide bonds. The van der Waals surface area contributed by atoms with E-state index in [-0.39, 0.29) is 5.41 Å². The Hall–Kier alpha value is -6.36. The van der Waals surface area contributed by atoms with Crippen molar-refractivity contribution in [3.63, 3.8) is 0 Å². The molecular formula is C51H34BN2S. The molecule has 1 aliphatic carbocycles. The molecular weight excluding hydrogens is 683 g/mol. The van der Waals surface area contributed by atoms with Crippen molar-refractivity contribution < 1.29 is 0 Å². The fraction of sp³-hybridized carbons (Fsp3) is 0.0588. The second kappa shape index (κ2) is 11.3. The molecule has 2 aliphatic rings. The lowest BCUT2D eigenvalue weighted by atomic mass is 9.57. The summed E-state index contributed by atoms with van der Waals surface area (Å²) in [4.78, 5) is 0. The fourth-order valence-corrected chi connectivity index (χ4v) is 10.9. The molecule has 0 atom stereocenters.